The van der Waals surface area contributed by atoms with E-state index in [2.05, 4.69) is 16.4 Å². The van der Waals surface area contributed by atoms with Gasteiger partial charge in [-0.15, -0.1) is 11.3 Å². The number of thiazole rings is 1. The molecular weight excluding hydrogens is 324 g/mol. The number of nitrogens with zero attached hydrogens (tertiary/aromatic N) is 1. The van der Waals surface area contributed by atoms with Crippen molar-refractivity contribution >= 4 is 33.4 Å². The van der Waals surface area contributed by atoms with Crippen molar-refractivity contribution in [1.29, 1.82) is 0 Å². The number of para-hydroxylation sites is 1. The molecule has 0 saturated heterocycles. The highest BCUT2D eigenvalue weighted by atomic mass is 32.1. The van der Waals surface area contributed by atoms with Gasteiger partial charge in [0.1, 0.15) is 0 Å². The average Bonchev–Trinajstić information content (AvgIpc) is 3.17. The minimum atomic E-state index is -0.748. The molecule has 2 atom stereocenters. The van der Waals surface area contributed by atoms with E-state index in [1.807, 2.05) is 18.2 Å². The molecule has 1 fully saturated rings. The van der Waals surface area contributed by atoms with Crippen LogP contribution in [0.25, 0.3) is 10.2 Å². The second-order valence-electron chi connectivity index (χ2n) is 6.40. The van der Waals surface area contributed by atoms with Gasteiger partial charge in [0, 0.05) is 12.5 Å². The molecule has 1 saturated carbocycles. The van der Waals surface area contributed by atoms with Crippen LogP contribution in [0, 0.1) is 5.92 Å². The molecule has 0 aliphatic heterocycles. The monoisotopic (exact) mass is 346 g/mol. The predicted molar refractivity (Wildman–Crippen MR) is 94.1 cm³/mol. The normalized spacial score (nSPS) is 20.3. The lowest BCUT2D eigenvalue weighted by Gasteiger charge is -2.12. The van der Waals surface area contributed by atoms with E-state index in [4.69, 9.17) is 5.11 Å². The molecule has 2 aromatic rings. The fourth-order valence-electron chi connectivity index (χ4n) is 3.23. The lowest BCUT2D eigenvalue weighted by atomic mass is 10.1. The number of unbranched alkanes of at least 4 members (excludes halogenated alkanes) is 1. The van der Waals surface area contributed by atoms with Crippen molar-refractivity contribution in [3.8, 4) is 0 Å². The van der Waals surface area contributed by atoms with Crippen LogP contribution in [-0.2, 0) is 16.0 Å². The molecule has 0 bridgehead atoms. The molecule has 0 unspecified atom stereocenters. The van der Waals surface area contributed by atoms with Gasteiger partial charge >= 0.3 is 5.97 Å². The first-order chi connectivity index (χ1) is 11.6. The maximum absolute atomic E-state index is 12.0. The molecule has 0 spiro atoms. The number of rotatable bonds is 7. The first-order valence-electron chi connectivity index (χ1n) is 8.48. The van der Waals surface area contributed by atoms with Crippen molar-refractivity contribution in [1.82, 2.24) is 10.3 Å². The van der Waals surface area contributed by atoms with Crippen LogP contribution in [0.3, 0.4) is 0 Å². The zero-order valence-electron chi connectivity index (χ0n) is 13.5. The number of carbonyl (C=O) groups excluding carboxylic acids is 1. The summed E-state index contributed by atoms with van der Waals surface area (Å²) in [4.78, 5) is 27.5. The zero-order chi connectivity index (χ0) is 16.9. The van der Waals surface area contributed by atoms with Crippen molar-refractivity contribution in [2.45, 2.75) is 51.0 Å². The average molecular weight is 346 g/mol. The molecule has 1 aromatic carbocycles. The SMILES string of the molecule is O=C(CCCCc1nc2ccccc2s1)N[C@@H]1CC[C@H](C(=O)O)C1. The van der Waals surface area contributed by atoms with Gasteiger partial charge in [-0.3, -0.25) is 9.59 Å². The minimum absolute atomic E-state index is 0.0304. The summed E-state index contributed by atoms with van der Waals surface area (Å²) in [6.07, 6.45) is 5.17. The Morgan fingerprint density at radius 3 is 2.83 bits per heavy atom. The standard InChI is InChI=1S/C18H22N2O3S/c21-16(19-13-10-9-12(11-13)18(22)23)7-3-4-8-17-20-14-5-1-2-6-15(14)24-17/h1-2,5-6,12-13H,3-4,7-11H2,(H,19,21)(H,22,23)/t12-,13+/m0/s1. The number of amides is 1. The van der Waals surface area contributed by atoms with Crippen LogP contribution >= 0.6 is 11.3 Å². The van der Waals surface area contributed by atoms with E-state index < -0.39 is 5.97 Å². The molecule has 6 heteroatoms. The highest BCUT2D eigenvalue weighted by molar-refractivity contribution is 7.18. The summed E-state index contributed by atoms with van der Waals surface area (Å²) in [5.74, 6) is -1.01. The van der Waals surface area contributed by atoms with Gasteiger partial charge < -0.3 is 10.4 Å². The second-order valence-corrected chi connectivity index (χ2v) is 7.51. The van der Waals surface area contributed by atoms with Gasteiger partial charge in [0.15, 0.2) is 0 Å². The molecule has 1 aliphatic rings. The first-order valence-corrected chi connectivity index (χ1v) is 9.30. The van der Waals surface area contributed by atoms with Crippen LogP contribution in [0.15, 0.2) is 24.3 Å². The van der Waals surface area contributed by atoms with Crippen LogP contribution in [0.4, 0.5) is 0 Å². The predicted octanol–water partition coefficient (Wildman–Crippen LogP) is 3.38. The van der Waals surface area contributed by atoms with Crippen LogP contribution < -0.4 is 5.32 Å². The molecule has 3 rings (SSSR count). The van der Waals surface area contributed by atoms with E-state index >= 15 is 0 Å². The van der Waals surface area contributed by atoms with Crippen molar-refractivity contribution in [3.05, 3.63) is 29.3 Å². The number of benzene rings is 1. The van der Waals surface area contributed by atoms with Gasteiger partial charge in [-0.25, -0.2) is 4.98 Å². The van der Waals surface area contributed by atoms with Crippen molar-refractivity contribution in [2.75, 3.05) is 0 Å². The minimum Gasteiger partial charge on any atom is -0.481 e. The molecule has 5 nitrogen and oxygen atoms in total. The van der Waals surface area contributed by atoms with E-state index in [1.165, 1.54) is 4.70 Å². The third kappa shape index (κ3) is 4.32. The fraction of sp³-hybridized carbons (Fsp3) is 0.500. The summed E-state index contributed by atoms with van der Waals surface area (Å²) in [7, 11) is 0. The number of hydrogen-bond acceptors (Lipinski definition) is 4. The number of hydrogen-bond donors (Lipinski definition) is 2. The Hall–Kier alpha value is -1.95. The molecule has 1 aliphatic carbocycles. The van der Waals surface area contributed by atoms with Crippen LogP contribution in [0.1, 0.15) is 43.5 Å². The molecule has 1 heterocycles. The number of fused-ring (bicyclic) bond motifs is 1. The zero-order valence-corrected chi connectivity index (χ0v) is 14.3. The Morgan fingerprint density at radius 1 is 1.25 bits per heavy atom. The quantitative estimate of drug-likeness (QED) is 0.753. The van der Waals surface area contributed by atoms with Crippen LogP contribution in [0.5, 0.6) is 0 Å². The third-order valence-corrected chi connectivity index (χ3v) is 5.63. The van der Waals surface area contributed by atoms with E-state index in [0.717, 1.165) is 36.2 Å². The van der Waals surface area contributed by atoms with Crippen molar-refractivity contribution < 1.29 is 14.7 Å². The Balaban J connectivity index is 1.36. The molecule has 24 heavy (non-hydrogen) atoms. The number of carbonyl (C=O) groups is 2. The Labute approximate surface area is 145 Å². The Bertz CT molecular complexity index is 695. The molecule has 0 radical (unpaired) electrons. The number of carboxylic acids is 1. The smallest absolute Gasteiger partial charge is 0.306 e. The van der Waals surface area contributed by atoms with Gasteiger partial charge in [-0.2, -0.15) is 0 Å². The largest absolute Gasteiger partial charge is 0.481 e. The summed E-state index contributed by atoms with van der Waals surface area (Å²) in [6.45, 7) is 0. The Morgan fingerprint density at radius 2 is 2.08 bits per heavy atom. The van der Waals surface area contributed by atoms with Gasteiger partial charge in [-0.1, -0.05) is 12.1 Å². The molecular formula is C18H22N2O3S. The third-order valence-electron chi connectivity index (χ3n) is 4.53. The lowest BCUT2D eigenvalue weighted by molar-refractivity contribution is -0.141. The Kier molecular flexibility index (Phi) is 5.45. The van der Waals surface area contributed by atoms with Gasteiger partial charge in [0.2, 0.25) is 5.91 Å². The van der Waals surface area contributed by atoms with Crippen molar-refractivity contribution in [2.24, 2.45) is 5.92 Å². The summed E-state index contributed by atoms with van der Waals surface area (Å²) in [6, 6.07) is 8.15. The maximum atomic E-state index is 12.0. The molecule has 128 valence electrons. The summed E-state index contributed by atoms with van der Waals surface area (Å²) in [5, 5.41) is 13.1. The highest BCUT2D eigenvalue weighted by Gasteiger charge is 2.30. The van der Waals surface area contributed by atoms with Crippen LogP contribution in [0.2, 0.25) is 0 Å². The van der Waals surface area contributed by atoms with E-state index in [-0.39, 0.29) is 17.9 Å². The van der Waals surface area contributed by atoms with Gasteiger partial charge in [-0.05, 0) is 50.7 Å². The maximum Gasteiger partial charge on any atom is 0.306 e. The first kappa shape index (κ1) is 16.9. The second kappa shape index (κ2) is 7.75. The number of aryl methyl sites for hydroxylation is 1. The number of aromatic nitrogens is 1. The van der Waals surface area contributed by atoms with Gasteiger partial charge in [0.05, 0.1) is 21.1 Å². The number of aliphatic carboxylic acids is 1. The lowest BCUT2D eigenvalue weighted by Crippen LogP contribution is -2.33. The summed E-state index contributed by atoms with van der Waals surface area (Å²) < 4.78 is 1.21. The van der Waals surface area contributed by atoms with Gasteiger partial charge in [0.25, 0.3) is 0 Å². The van der Waals surface area contributed by atoms with E-state index in [1.54, 1.807) is 11.3 Å². The highest BCUT2D eigenvalue weighted by Crippen LogP contribution is 2.26. The summed E-state index contributed by atoms with van der Waals surface area (Å²) in [5.41, 5.74) is 1.05. The number of nitrogens with one attached hydrogen (secondary N) is 1. The molecule has 2 N–H and O–H groups in total. The number of carboxylic acid groups (broad SMARTS) is 1. The summed E-state index contributed by atoms with van der Waals surface area (Å²) >= 11 is 1.72. The van der Waals surface area contributed by atoms with E-state index in [9.17, 15) is 9.59 Å². The van der Waals surface area contributed by atoms with Crippen molar-refractivity contribution in [3.63, 3.8) is 0 Å². The van der Waals surface area contributed by atoms with E-state index in [0.29, 0.717) is 19.3 Å². The van der Waals surface area contributed by atoms with Crippen LogP contribution in [-0.4, -0.2) is 28.0 Å². The molecule has 1 amide bonds. The molecule has 1 aromatic heterocycles. The fourth-order valence-corrected chi connectivity index (χ4v) is 4.23. The topological polar surface area (TPSA) is 79.3 Å².